The topological polar surface area (TPSA) is 48.0 Å². The van der Waals surface area contributed by atoms with Crippen molar-refractivity contribution in [2.45, 2.75) is 31.8 Å². The van der Waals surface area contributed by atoms with Gasteiger partial charge in [0.15, 0.2) is 0 Å². The summed E-state index contributed by atoms with van der Waals surface area (Å²) in [5.74, 6) is 0.305. The first-order valence-electron chi connectivity index (χ1n) is 9.99. The van der Waals surface area contributed by atoms with Crippen molar-refractivity contribution in [2.24, 2.45) is 0 Å². The molecule has 28 heavy (non-hydrogen) atoms. The average molecular weight is 368 g/mol. The van der Waals surface area contributed by atoms with Crippen LogP contribution in [0.25, 0.3) is 22.0 Å². The lowest BCUT2D eigenvalue weighted by Crippen LogP contribution is -2.24. The van der Waals surface area contributed by atoms with Gasteiger partial charge < -0.3 is 15.4 Å². The van der Waals surface area contributed by atoms with Crippen LogP contribution in [0.2, 0.25) is 0 Å². The summed E-state index contributed by atoms with van der Waals surface area (Å²) >= 11 is 0. The molecule has 4 aromatic rings. The van der Waals surface area contributed by atoms with E-state index in [0.29, 0.717) is 11.8 Å². The molecule has 1 unspecified atom stereocenters. The van der Waals surface area contributed by atoms with E-state index < -0.39 is 0 Å². The van der Waals surface area contributed by atoms with Gasteiger partial charge in [-0.2, -0.15) is 0 Å². The third kappa shape index (κ3) is 3.19. The van der Waals surface area contributed by atoms with E-state index in [4.69, 9.17) is 0 Å². The number of hydrogen-bond acceptors (Lipinski definition) is 2. The minimum Gasteiger partial charge on any atom is -0.508 e. The number of aromatic amines is 1. The molecule has 3 aromatic carbocycles. The Kier molecular flexibility index (Phi) is 4.38. The fourth-order valence-electron chi connectivity index (χ4n) is 4.37. The number of nitrogens with one attached hydrogen (secondary N) is 2. The third-order valence-corrected chi connectivity index (χ3v) is 5.78. The molecule has 0 amide bonds. The molecule has 5 rings (SSSR count). The Labute approximate surface area is 165 Å². The van der Waals surface area contributed by atoms with Crippen molar-refractivity contribution in [3.05, 3.63) is 89.6 Å². The second-order valence-corrected chi connectivity index (χ2v) is 7.64. The van der Waals surface area contributed by atoms with Gasteiger partial charge in [0.05, 0.1) is 0 Å². The summed E-state index contributed by atoms with van der Waals surface area (Å²) in [6, 6.07) is 25.0. The molecule has 3 nitrogen and oxygen atoms in total. The van der Waals surface area contributed by atoms with Gasteiger partial charge in [0, 0.05) is 29.2 Å². The van der Waals surface area contributed by atoms with Crippen LogP contribution in [0.3, 0.4) is 0 Å². The molecule has 0 aliphatic heterocycles. The number of aryl methyl sites for hydroxylation is 1. The minimum atomic E-state index is 0.305. The van der Waals surface area contributed by atoms with E-state index in [-0.39, 0.29) is 0 Å². The summed E-state index contributed by atoms with van der Waals surface area (Å²) in [5.41, 5.74) is 7.48. The molecule has 0 saturated carbocycles. The number of aromatic nitrogens is 1. The number of rotatable bonds is 4. The van der Waals surface area contributed by atoms with Gasteiger partial charge in [-0.1, -0.05) is 48.5 Å². The summed E-state index contributed by atoms with van der Waals surface area (Å²) in [7, 11) is 0. The standard InChI is InChI=1S/C25H24N2O/c28-20-9-4-8-18(14-20)19-12-13-23-22(15-19)21-10-5-11-24(25(21)27-23)26-16-17-6-2-1-3-7-17/h1-4,6-9,12-15,24,26-28H,5,10-11,16H2. The fourth-order valence-corrected chi connectivity index (χ4v) is 4.37. The zero-order valence-corrected chi connectivity index (χ0v) is 15.8. The van der Waals surface area contributed by atoms with Gasteiger partial charge in [-0.05, 0) is 65.8 Å². The molecule has 1 aromatic heterocycles. The van der Waals surface area contributed by atoms with Crippen LogP contribution in [0.4, 0.5) is 0 Å². The number of fused-ring (bicyclic) bond motifs is 3. The van der Waals surface area contributed by atoms with Crippen molar-refractivity contribution in [3.63, 3.8) is 0 Å². The highest BCUT2D eigenvalue weighted by atomic mass is 16.3. The number of phenols is 1. The van der Waals surface area contributed by atoms with Crippen LogP contribution in [0.5, 0.6) is 5.75 Å². The summed E-state index contributed by atoms with van der Waals surface area (Å²) in [5, 5.41) is 14.9. The molecular weight excluding hydrogens is 344 g/mol. The van der Waals surface area contributed by atoms with Crippen LogP contribution in [-0.2, 0) is 13.0 Å². The molecule has 1 aliphatic rings. The zero-order valence-electron chi connectivity index (χ0n) is 15.8. The summed E-state index contributed by atoms with van der Waals surface area (Å²) in [6.45, 7) is 0.884. The normalized spacial score (nSPS) is 16.2. The Bertz CT molecular complexity index is 1110. The van der Waals surface area contributed by atoms with Crippen molar-refractivity contribution in [1.29, 1.82) is 0 Å². The smallest absolute Gasteiger partial charge is 0.116 e. The average Bonchev–Trinajstić information content (AvgIpc) is 3.11. The minimum absolute atomic E-state index is 0.305. The lowest BCUT2D eigenvalue weighted by Gasteiger charge is -2.24. The van der Waals surface area contributed by atoms with Gasteiger partial charge in [-0.3, -0.25) is 0 Å². The first kappa shape index (κ1) is 17.1. The Balaban J connectivity index is 1.48. The fraction of sp³-hybridized carbons (Fsp3) is 0.200. The highest BCUT2D eigenvalue weighted by Gasteiger charge is 2.24. The number of benzene rings is 3. The van der Waals surface area contributed by atoms with Crippen LogP contribution in [0, 0.1) is 0 Å². The van der Waals surface area contributed by atoms with Crippen LogP contribution in [-0.4, -0.2) is 10.1 Å². The van der Waals surface area contributed by atoms with E-state index in [1.165, 1.54) is 34.1 Å². The number of phenolic OH excluding ortho intramolecular Hbond substituents is 1. The van der Waals surface area contributed by atoms with Crippen LogP contribution in [0.1, 0.15) is 35.7 Å². The van der Waals surface area contributed by atoms with Gasteiger partial charge in [-0.15, -0.1) is 0 Å². The van der Waals surface area contributed by atoms with E-state index >= 15 is 0 Å². The van der Waals surface area contributed by atoms with Gasteiger partial charge in [-0.25, -0.2) is 0 Å². The monoisotopic (exact) mass is 368 g/mol. The number of hydrogen-bond donors (Lipinski definition) is 3. The first-order chi connectivity index (χ1) is 13.8. The lowest BCUT2D eigenvalue weighted by atomic mass is 9.91. The highest BCUT2D eigenvalue weighted by Crippen LogP contribution is 2.37. The van der Waals surface area contributed by atoms with Crippen molar-refractivity contribution in [3.8, 4) is 16.9 Å². The van der Waals surface area contributed by atoms with Crippen molar-refractivity contribution in [1.82, 2.24) is 10.3 Å². The Hall–Kier alpha value is -3.04. The van der Waals surface area contributed by atoms with E-state index in [0.717, 1.165) is 30.5 Å². The Morgan fingerprint density at radius 1 is 0.929 bits per heavy atom. The van der Waals surface area contributed by atoms with Gasteiger partial charge in [0.2, 0.25) is 0 Å². The van der Waals surface area contributed by atoms with Crippen molar-refractivity contribution < 1.29 is 5.11 Å². The molecule has 0 saturated heterocycles. The van der Waals surface area contributed by atoms with E-state index in [2.05, 4.69) is 58.8 Å². The van der Waals surface area contributed by atoms with E-state index in [1.807, 2.05) is 18.2 Å². The first-order valence-corrected chi connectivity index (χ1v) is 9.99. The van der Waals surface area contributed by atoms with Crippen molar-refractivity contribution >= 4 is 10.9 Å². The molecule has 0 fully saturated rings. The number of aromatic hydroxyl groups is 1. The van der Waals surface area contributed by atoms with Crippen LogP contribution in [0.15, 0.2) is 72.8 Å². The molecule has 0 bridgehead atoms. The van der Waals surface area contributed by atoms with E-state index in [9.17, 15) is 5.11 Å². The molecule has 3 heteroatoms. The van der Waals surface area contributed by atoms with Gasteiger partial charge >= 0.3 is 0 Å². The van der Waals surface area contributed by atoms with Crippen LogP contribution >= 0.6 is 0 Å². The zero-order chi connectivity index (χ0) is 18.9. The molecular formula is C25H24N2O. The molecule has 140 valence electrons. The number of H-pyrrole nitrogens is 1. The van der Waals surface area contributed by atoms with Gasteiger partial charge in [0.25, 0.3) is 0 Å². The molecule has 0 spiro atoms. The maximum Gasteiger partial charge on any atom is 0.116 e. The van der Waals surface area contributed by atoms with Gasteiger partial charge in [0.1, 0.15) is 5.75 Å². The predicted molar refractivity (Wildman–Crippen MR) is 114 cm³/mol. The van der Waals surface area contributed by atoms with Crippen LogP contribution < -0.4 is 5.32 Å². The second-order valence-electron chi connectivity index (χ2n) is 7.64. The maximum atomic E-state index is 9.81. The quantitative estimate of drug-likeness (QED) is 0.432. The van der Waals surface area contributed by atoms with E-state index in [1.54, 1.807) is 6.07 Å². The predicted octanol–water partition coefficient (Wildman–Crippen LogP) is 5.71. The molecule has 1 heterocycles. The third-order valence-electron chi connectivity index (χ3n) is 5.78. The second kappa shape index (κ2) is 7.17. The summed E-state index contributed by atoms with van der Waals surface area (Å²) in [4.78, 5) is 3.68. The lowest BCUT2D eigenvalue weighted by molar-refractivity contribution is 0.452. The molecule has 0 radical (unpaired) electrons. The maximum absolute atomic E-state index is 9.81. The Morgan fingerprint density at radius 3 is 2.64 bits per heavy atom. The highest BCUT2D eigenvalue weighted by molar-refractivity contribution is 5.89. The SMILES string of the molecule is Oc1cccc(-c2ccc3[nH]c4c(c3c2)CCCC4NCc2ccccc2)c1. The largest absolute Gasteiger partial charge is 0.508 e. The summed E-state index contributed by atoms with van der Waals surface area (Å²) in [6.07, 6.45) is 3.47. The molecule has 1 aliphatic carbocycles. The van der Waals surface area contributed by atoms with Crippen molar-refractivity contribution in [2.75, 3.05) is 0 Å². The molecule has 1 atom stereocenters. The molecule has 3 N–H and O–H groups in total. The Morgan fingerprint density at radius 2 is 1.79 bits per heavy atom. The summed E-state index contributed by atoms with van der Waals surface area (Å²) < 4.78 is 0.